The summed E-state index contributed by atoms with van der Waals surface area (Å²) in [5.74, 6) is 0.854. The Kier molecular flexibility index (Phi) is 7.75. The summed E-state index contributed by atoms with van der Waals surface area (Å²) in [6, 6.07) is 10.4. The number of nitrogens with one attached hydrogen (secondary N) is 2. The number of aromatic amines is 1. The number of aromatic nitrogens is 2. The smallest absolute Gasteiger partial charge is 0.126 e. The minimum absolute atomic E-state index is 0.132. The molecule has 182 valence electrons. The third-order valence-corrected chi connectivity index (χ3v) is 7.23. The SMILES string of the molecule is CC(C)(C)Cc1ccc2c(c1)C(NCC(O)C(Cc1cc(F)cc(F)c1)c1ncc[nH]1)CSC2. The van der Waals surface area contributed by atoms with Crippen molar-refractivity contribution in [3.63, 3.8) is 0 Å². The molecule has 0 radical (unpaired) electrons. The number of nitrogens with zero attached hydrogens (tertiary/aromatic N) is 1. The molecule has 3 unspecified atom stereocenters. The van der Waals surface area contributed by atoms with Crippen molar-refractivity contribution in [3.8, 4) is 0 Å². The van der Waals surface area contributed by atoms with E-state index in [1.807, 2.05) is 11.8 Å². The van der Waals surface area contributed by atoms with Crippen LogP contribution in [0.15, 0.2) is 48.8 Å². The Morgan fingerprint density at radius 3 is 2.59 bits per heavy atom. The second-order valence-electron chi connectivity index (χ2n) is 10.4. The number of halogens is 2. The number of thioether (sulfide) groups is 1. The molecule has 1 aromatic heterocycles. The molecule has 3 aromatic rings. The van der Waals surface area contributed by atoms with Gasteiger partial charge in [0.25, 0.3) is 0 Å². The second kappa shape index (κ2) is 10.6. The van der Waals surface area contributed by atoms with Gasteiger partial charge in [-0.25, -0.2) is 13.8 Å². The van der Waals surface area contributed by atoms with Gasteiger partial charge in [-0.05, 0) is 52.6 Å². The van der Waals surface area contributed by atoms with Gasteiger partial charge in [-0.2, -0.15) is 11.8 Å². The Morgan fingerprint density at radius 1 is 1.15 bits per heavy atom. The number of benzene rings is 2. The van der Waals surface area contributed by atoms with Gasteiger partial charge in [-0.1, -0.05) is 39.0 Å². The number of hydrogen-bond donors (Lipinski definition) is 3. The number of rotatable bonds is 8. The number of aliphatic hydroxyl groups is 1. The van der Waals surface area contributed by atoms with Gasteiger partial charge in [0.2, 0.25) is 0 Å². The molecule has 7 heteroatoms. The summed E-state index contributed by atoms with van der Waals surface area (Å²) >= 11 is 1.88. The molecule has 0 saturated carbocycles. The Hall–Kier alpha value is -2.22. The minimum Gasteiger partial charge on any atom is -0.391 e. The zero-order valence-corrected chi connectivity index (χ0v) is 20.8. The number of imidazole rings is 1. The highest BCUT2D eigenvalue weighted by molar-refractivity contribution is 7.98. The van der Waals surface area contributed by atoms with Crippen molar-refractivity contribution in [2.75, 3.05) is 12.3 Å². The van der Waals surface area contributed by atoms with E-state index in [2.05, 4.69) is 54.3 Å². The summed E-state index contributed by atoms with van der Waals surface area (Å²) in [5.41, 5.74) is 4.66. The largest absolute Gasteiger partial charge is 0.391 e. The normalized spacial score (nSPS) is 17.9. The van der Waals surface area contributed by atoms with Gasteiger partial charge >= 0.3 is 0 Å². The highest BCUT2D eigenvalue weighted by Gasteiger charge is 2.27. The van der Waals surface area contributed by atoms with Crippen molar-refractivity contribution in [3.05, 3.63) is 88.5 Å². The van der Waals surface area contributed by atoms with E-state index in [9.17, 15) is 13.9 Å². The predicted molar refractivity (Wildman–Crippen MR) is 134 cm³/mol. The molecule has 0 aliphatic carbocycles. The predicted octanol–water partition coefficient (Wildman–Crippen LogP) is 5.54. The zero-order valence-electron chi connectivity index (χ0n) is 19.9. The molecule has 3 N–H and O–H groups in total. The van der Waals surface area contributed by atoms with Gasteiger partial charge in [0.1, 0.15) is 17.5 Å². The Balaban J connectivity index is 1.49. The van der Waals surface area contributed by atoms with Crippen LogP contribution in [0.2, 0.25) is 0 Å². The zero-order chi connectivity index (χ0) is 24.3. The molecule has 3 atom stereocenters. The maximum atomic E-state index is 13.7. The van der Waals surface area contributed by atoms with Crippen LogP contribution < -0.4 is 5.32 Å². The van der Waals surface area contributed by atoms with E-state index in [-0.39, 0.29) is 17.9 Å². The van der Waals surface area contributed by atoms with Gasteiger partial charge in [0.15, 0.2) is 0 Å². The first-order chi connectivity index (χ1) is 16.2. The van der Waals surface area contributed by atoms with Crippen LogP contribution in [0.1, 0.15) is 60.8 Å². The fraction of sp³-hybridized carbons (Fsp3) is 0.444. The third-order valence-electron chi connectivity index (χ3n) is 6.15. The Bertz CT molecular complexity index is 1080. The van der Waals surface area contributed by atoms with Crippen LogP contribution >= 0.6 is 11.8 Å². The highest BCUT2D eigenvalue weighted by Crippen LogP contribution is 2.34. The lowest BCUT2D eigenvalue weighted by molar-refractivity contribution is 0.134. The summed E-state index contributed by atoms with van der Waals surface area (Å²) in [6.45, 7) is 7.08. The number of aliphatic hydroxyl groups excluding tert-OH is 1. The molecule has 1 aliphatic heterocycles. The summed E-state index contributed by atoms with van der Waals surface area (Å²) in [4.78, 5) is 7.38. The molecule has 2 heterocycles. The quantitative estimate of drug-likeness (QED) is 0.392. The maximum absolute atomic E-state index is 13.7. The van der Waals surface area contributed by atoms with Crippen molar-refractivity contribution < 1.29 is 13.9 Å². The van der Waals surface area contributed by atoms with Gasteiger partial charge < -0.3 is 15.4 Å². The van der Waals surface area contributed by atoms with E-state index in [1.165, 1.54) is 28.8 Å². The molecule has 1 aliphatic rings. The van der Waals surface area contributed by atoms with Crippen molar-refractivity contribution >= 4 is 11.8 Å². The molecule has 4 rings (SSSR count). The number of H-pyrrole nitrogens is 1. The van der Waals surface area contributed by atoms with Crippen LogP contribution in [0.4, 0.5) is 8.78 Å². The summed E-state index contributed by atoms with van der Waals surface area (Å²) in [7, 11) is 0. The van der Waals surface area contributed by atoms with Crippen LogP contribution in [0, 0.1) is 17.0 Å². The fourth-order valence-electron chi connectivity index (χ4n) is 4.65. The highest BCUT2D eigenvalue weighted by atomic mass is 32.2. The van der Waals surface area contributed by atoms with Crippen LogP contribution in [-0.4, -0.2) is 33.5 Å². The van der Waals surface area contributed by atoms with Crippen LogP contribution in [0.5, 0.6) is 0 Å². The lowest BCUT2D eigenvalue weighted by Gasteiger charge is -2.30. The van der Waals surface area contributed by atoms with Crippen molar-refractivity contribution in [2.24, 2.45) is 5.41 Å². The summed E-state index contributed by atoms with van der Waals surface area (Å²) < 4.78 is 27.5. The average Bonchev–Trinajstić information content (AvgIpc) is 3.28. The van der Waals surface area contributed by atoms with Gasteiger partial charge in [-0.3, -0.25) is 0 Å². The molecule has 34 heavy (non-hydrogen) atoms. The number of hydrogen-bond acceptors (Lipinski definition) is 4. The van der Waals surface area contributed by atoms with E-state index in [0.717, 1.165) is 24.0 Å². The van der Waals surface area contributed by atoms with E-state index in [0.29, 0.717) is 17.9 Å². The summed E-state index contributed by atoms with van der Waals surface area (Å²) in [5, 5.41) is 14.7. The lowest BCUT2D eigenvalue weighted by atomic mass is 9.86. The van der Waals surface area contributed by atoms with E-state index in [4.69, 9.17) is 0 Å². The van der Waals surface area contributed by atoms with Gasteiger partial charge in [0, 0.05) is 48.5 Å². The molecule has 0 bridgehead atoms. The van der Waals surface area contributed by atoms with Crippen LogP contribution in [0.3, 0.4) is 0 Å². The van der Waals surface area contributed by atoms with Gasteiger partial charge in [0.05, 0.1) is 6.10 Å². The minimum atomic E-state index is -0.786. The number of fused-ring (bicyclic) bond motifs is 1. The lowest BCUT2D eigenvalue weighted by Crippen LogP contribution is -2.37. The second-order valence-corrected chi connectivity index (χ2v) is 11.4. The first-order valence-corrected chi connectivity index (χ1v) is 12.9. The van der Waals surface area contributed by atoms with Crippen LogP contribution in [-0.2, 0) is 18.6 Å². The molecule has 4 nitrogen and oxygen atoms in total. The van der Waals surface area contributed by atoms with E-state index >= 15 is 0 Å². The average molecular weight is 486 g/mol. The standard InChI is InChI=1S/C27H33F2N3OS/c1-27(2,3)13-17-4-5-19-15-34-16-24(22(19)10-17)32-14-25(33)23(26-30-6-7-31-26)11-18-8-20(28)12-21(29)9-18/h4-10,12,23-25,32-33H,11,13-16H2,1-3H3,(H,30,31). The fourth-order valence-corrected chi connectivity index (χ4v) is 5.78. The molecule has 2 aromatic carbocycles. The first kappa shape index (κ1) is 24.9. The van der Waals surface area contributed by atoms with Crippen molar-refractivity contribution in [2.45, 2.75) is 57.4 Å². The first-order valence-electron chi connectivity index (χ1n) is 11.7. The van der Waals surface area contributed by atoms with E-state index < -0.39 is 23.7 Å². The van der Waals surface area contributed by atoms with Crippen LogP contribution in [0.25, 0.3) is 0 Å². The molecule has 0 saturated heterocycles. The van der Waals surface area contributed by atoms with Crippen molar-refractivity contribution in [1.82, 2.24) is 15.3 Å². The molecular weight excluding hydrogens is 452 g/mol. The molecular formula is C27H33F2N3OS. The Morgan fingerprint density at radius 2 is 1.91 bits per heavy atom. The molecule has 0 fully saturated rings. The molecule has 0 amide bonds. The van der Waals surface area contributed by atoms with Crippen molar-refractivity contribution in [1.29, 1.82) is 0 Å². The molecule has 0 spiro atoms. The maximum Gasteiger partial charge on any atom is 0.126 e. The third kappa shape index (κ3) is 6.46. The monoisotopic (exact) mass is 485 g/mol. The van der Waals surface area contributed by atoms with E-state index in [1.54, 1.807) is 12.4 Å². The van der Waals surface area contributed by atoms with Gasteiger partial charge in [-0.15, -0.1) is 0 Å². The Labute approximate surface area is 204 Å². The topological polar surface area (TPSA) is 60.9 Å². The summed E-state index contributed by atoms with van der Waals surface area (Å²) in [6.07, 6.45) is 3.81.